The third-order valence-electron chi connectivity index (χ3n) is 7.55. The summed E-state index contributed by atoms with van der Waals surface area (Å²) in [7, 11) is 1.00. The highest BCUT2D eigenvalue weighted by Crippen LogP contribution is 2.66. The number of aliphatic hydroxyl groups is 1. The van der Waals surface area contributed by atoms with Gasteiger partial charge in [-0.25, -0.2) is 4.99 Å². The molecule has 9 N–H and O–H groups in total. The summed E-state index contributed by atoms with van der Waals surface area (Å²) in [5.74, 6) is 1.09. The average Bonchev–Trinajstić information content (AvgIpc) is 3.51. The van der Waals surface area contributed by atoms with Crippen LogP contribution in [0.2, 0.25) is 0 Å². The van der Waals surface area contributed by atoms with Crippen LogP contribution in [0.25, 0.3) is 0 Å². The Kier molecular flexibility index (Phi) is 4.09. The first kappa shape index (κ1) is 19.5. The molecule has 4 aliphatic heterocycles. The largest absolute Gasteiger partial charge is 0.400 e. The Morgan fingerprint density at radius 1 is 1.40 bits per heavy atom. The van der Waals surface area contributed by atoms with E-state index in [1.807, 2.05) is 33.9 Å². The summed E-state index contributed by atoms with van der Waals surface area (Å²) in [4.78, 5) is 20.1. The Bertz CT molecular complexity index is 962. The lowest BCUT2D eigenvalue weighted by Crippen LogP contribution is -2.68. The molecule has 1 amide bonds. The van der Waals surface area contributed by atoms with Crippen LogP contribution in [0.4, 0.5) is 0 Å². The second-order valence-corrected chi connectivity index (χ2v) is 9.03. The molecule has 11 heteroatoms. The summed E-state index contributed by atoms with van der Waals surface area (Å²) < 4.78 is 1.93. The van der Waals surface area contributed by atoms with Gasteiger partial charge in [0, 0.05) is 43.1 Å². The quantitative estimate of drug-likeness (QED) is 0.293. The number of carbonyl (C=O) groups is 1. The van der Waals surface area contributed by atoms with E-state index in [9.17, 15) is 4.79 Å². The topological polar surface area (TPSA) is 160 Å². The fourth-order valence-corrected chi connectivity index (χ4v) is 7.25. The third-order valence-corrected chi connectivity index (χ3v) is 8.28. The SMILES string of the molecule is CO.NC[C@H]1[C@H]2CN3C(=O)c4cccn4C4N=C(N)NC43[C@H]2[C@@]2(C=C(N)NC2)[C@H]1Cl. The number of alkyl halides is 1. The number of rotatable bonds is 1. The number of nitrogens with two attached hydrogens (primary N) is 3. The van der Waals surface area contributed by atoms with Gasteiger partial charge in [-0.2, -0.15) is 0 Å². The molecule has 162 valence electrons. The maximum Gasteiger partial charge on any atom is 0.272 e. The minimum absolute atomic E-state index is 0.0204. The van der Waals surface area contributed by atoms with Gasteiger partial charge >= 0.3 is 0 Å². The summed E-state index contributed by atoms with van der Waals surface area (Å²) in [5, 5.41) is 13.5. The van der Waals surface area contributed by atoms with Crippen molar-refractivity contribution in [3.05, 3.63) is 35.9 Å². The van der Waals surface area contributed by atoms with Crippen molar-refractivity contribution in [2.24, 2.45) is 45.4 Å². The number of aliphatic imine (C=N–C) groups is 1. The van der Waals surface area contributed by atoms with Crippen molar-refractivity contribution in [1.29, 1.82) is 0 Å². The van der Waals surface area contributed by atoms with Gasteiger partial charge in [0.15, 0.2) is 17.8 Å². The van der Waals surface area contributed by atoms with Crippen molar-refractivity contribution < 1.29 is 9.90 Å². The zero-order chi connectivity index (χ0) is 21.4. The second kappa shape index (κ2) is 6.29. The number of nitrogens with one attached hydrogen (secondary N) is 2. The number of aliphatic hydroxyl groups excluding tert-OH is 1. The lowest BCUT2D eigenvalue weighted by molar-refractivity contribution is -0.00267. The first-order chi connectivity index (χ1) is 14.4. The molecular weight excluding hydrogens is 408 g/mol. The van der Waals surface area contributed by atoms with Crippen LogP contribution in [0.1, 0.15) is 16.7 Å². The molecule has 2 spiro atoms. The molecule has 2 fully saturated rings. The summed E-state index contributed by atoms with van der Waals surface area (Å²) in [6.45, 7) is 1.64. The van der Waals surface area contributed by atoms with Crippen LogP contribution in [0.3, 0.4) is 0 Å². The van der Waals surface area contributed by atoms with Crippen molar-refractivity contribution in [3.63, 3.8) is 0 Å². The van der Waals surface area contributed by atoms with E-state index < -0.39 is 11.1 Å². The van der Waals surface area contributed by atoms with Crippen LogP contribution in [0, 0.1) is 23.2 Å². The standard InChI is InChI=1S/C18H23ClN8O.CH4O/c19-13-8(5-20)9-6-27-14(28)10-2-1-3-26(10)15-18(27,25-16(22)24-15)12(9)17(13)4-11(21)23-7-17;1-2/h1-4,8-9,12-13,15,23H,5-7,20-21H2,(H3,22,24,25);2H,1H3/t8-,9+,12+,13-,15?,17-,18?;/m0./s1. The molecule has 1 aliphatic carbocycles. The van der Waals surface area contributed by atoms with Gasteiger partial charge < -0.3 is 42.4 Å². The van der Waals surface area contributed by atoms with Crippen molar-refractivity contribution in [2.75, 3.05) is 26.7 Å². The summed E-state index contributed by atoms with van der Waals surface area (Å²) >= 11 is 7.05. The molecule has 10 nitrogen and oxygen atoms in total. The minimum Gasteiger partial charge on any atom is -0.400 e. The molecular formula is C19H27ClN8O2. The maximum atomic E-state index is 13.4. The van der Waals surface area contributed by atoms with E-state index in [-0.39, 0.29) is 35.2 Å². The number of guanidine groups is 1. The van der Waals surface area contributed by atoms with E-state index >= 15 is 0 Å². The van der Waals surface area contributed by atoms with Crippen LogP contribution >= 0.6 is 11.6 Å². The number of amides is 1. The zero-order valence-corrected chi connectivity index (χ0v) is 17.4. The lowest BCUT2D eigenvalue weighted by Gasteiger charge is -2.50. The van der Waals surface area contributed by atoms with Crippen LogP contribution < -0.4 is 27.8 Å². The Balaban J connectivity index is 0.000000937. The molecule has 5 heterocycles. The van der Waals surface area contributed by atoms with Gasteiger partial charge in [-0.05, 0) is 36.6 Å². The van der Waals surface area contributed by atoms with Gasteiger partial charge in [0.05, 0.1) is 5.82 Å². The van der Waals surface area contributed by atoms with E-state index in [4.69, 9.17) is 38.9 Å². The van der Waals surface area contributed by atoms with E-state index in [2.05, 4.69) is 10.6 Å². The van der Waals surface area contributed by atoms with Gasteiger partial charge in [-0.3, -0.25) is 4.79 Å². The highest BCUT2D eigenvalue weighted by atomic mass is 35.5. The Hall–Kier alpha value is -2.43. The molecule has 7 atom stereocenters. The minimum atomic E-state index is -0.780. The van der Waals surface area contributed by atoms with Crippen molar-refractivity contribution in [1.82, 2.24) is 20.1 Å². The van der Waals surface area contributed by atoms with Gasteiger partial charge in [0.25, 0.3) is 5.91 Å². The summed E-state index contributed by atoms with van der Waals surface area (Å²) in [6, 6.07) is 3.71. The molecule has 6 rings (SSSR count). The molecule has 0 aromatic carbocycles. The van der Waals surface area contributed by atoms with Crippen molar-refractivity contribution in [2.45, 2.75) is 17.2 Å². The average molecular weight is 435 g/mol. The van der Waals surface area contributed by atoms with Gasteiger partial charge in [-0.15, -0.1) is 11.6 Å². The molecule has 5 aliphatic rings. The molecule has 1 saturated carbocycles. The molecule has 0 bridgehead atoms. The first-order valence-electron chi connectivity index (χ1n) is 10.1. The van der Waals surface area contributed by atoms with Crippen LogP contribution in [0.5, 0.6) is 0 Å². The number of fused-ring (bicyclic) bond motifs is 4. The van der Waals surface area contributed by atoms with Gasteiger partial charge in [-0.1, -0.05) is 0 Å². The molecule has 1 aromatic heterocycles. The number of hydrogen-bond acceptors (Lipinski definition) is 8. The highest BCUT2D eigenvalue weighted by molar-refractivity contribution is 6.22. The van der Waals surface area contributed by atoms with Gasteiger partial charge in [0.2, 0.25) is 0 Å². The number of carbonyl (C=O) groups excluding carboxylic acids is 1. The molecule has 1 saturated heterocycles. The number of nitrogens with zero attached hydrogens (tertiary/aromatic N) is 3. The fourth-order valence-electron chi connectivity index (χ4n) is 6.69. The summed E-state index contributed by atoms with van der Waals surface area (Å²) in [6.07, 6.45) is 3.59. The molecule has 30 heavy (non-hydrogen) atoms. The molecule has 2 unspecified atom stereocenters. The fraction of sp³-hybridized carbons (Fsp3) is 0.579. The van der Waals surface area contributed by atoms with Crippen LogP contribution in [-0.2, 0) is 0 Å². The normalized spacial score (nSPS) is 42.3. The van der Waals surface area contributed by atoms with Gasteiger partial charge in [0.1, 0.15) is 5.69 Å². The summed E-state index contributed by atoms with van der Waals surface area (Å²) in [5.41, 5.74) is 17.9. The van der Waals surface area contributed by atoms with Crippen LogP contribution in [-0.4, -0.2) is 64.2 Å². The van der Waals surface area contributed by atoms with Crippen molar-refractivity contribution >= 4 is 23.5 Å². The Morgan fingerprint density at radius 3 is 2.83 bits per heavy atom. The molecule has 0 radical (unpaired) electrons. The van der Waals surface area contributed by atoms with E-state index in [1.165, 1.54) is 0 Å². The Morgan fingerprint density at radius 2 is 2.17 bits per heavy atom. The van der Waals surface area contributed by atoms with E-state index in [0.29, 0.717) is 37.1 Å². The van der Waals surface area contributed by atoms with Crippen LogP contribution in [0.15, 0.2) is 35.2 Å². The highest BCUT2D eigenvalue weighted by Gasteiger charge is 2.76. The lowest BCUT2D eigenvalue weighted by atomic mass is 9.69. The van der Waals surface area contributed by atoms with Crippen molar-refractivity contribution in [3.8, 4) is 0 Å². The number of halogens is 1. The van der Waals surface area contributed by atoms with E-state index in [0.717, 1.165) is 7.11 Å². The molecule has 1 aromatic rings. The predicted molar refractivity (Wildman–Crippen MR) is 112 cm³/mol. The second-order valence-electron chi connectivity index (χ2n) is 8.56. The maximum absolute atomic E-state index is 13.4. The number of hydrogen-bond donors (Lipinski definition) is 6. The zero-order valence-electron chi connectivity index (χ0n) is 16.6. The predicted octanol–water partition coefficient (Wildman–Crippen LogP) is -1.50. The third kappa shape index (κ3) is 2.01. The van der Waals surface area contributed by atoms with E-state index in [1.54, 1.807) is 0 Å². The Labute approximate surface area is 179 Å². The smallest absolute Gasteiger partial charge is 0.272 e. The number of aromatic nitrogens is 1. The first-order valence-corrected chi connectivity index (χ1v) is 10.5. The monoisotopic (exact) mass is 434 g/mol.